The number of hydrogen-bond acceptors (Lipinski definition) is 8. The first-order chi connectivity index (χ1) is 21.7. The van der Waals surface area contributed by atoms with Crippen LogP contribution in [-0.4, -0.2) is 62.3 Å². The highest BCUT2D eigenvalue weighted by molar-refractivity contribution is 5.99. The van der Waals surface area contributed by atoms with Gasteiger partial charge in [-0.3, -0.25) is 9.59 Å². The lowest BCUT2D eigenvalue weighted by atomic mass is 10.0. The summed E-state index contributed by atoms with van der Waals surface area (Å²) < 4.78 is 21.5. The molecule has 0 spiro atoms. The fourth-order valence-corrected chi connectivity index (χ4v) is 4.41. The minimum Gasteiger partial charge on any atom is -0.494 e. The molecule has 0 heterocycles. The van der Waals surface area contributed by atoms with Crippen LogP contribution in [0.1, 0.15) is 65.3 Å². The van der Waals surface area contributed by atoms with Gasteiger partial charge in [0, 0.05) is 24.8 Å². The van der Waals surface area contributed by atoms with Gasteiger partial charge in [0.1, 0.15) is 18.4 Å². The highest BCUT2D eigenvalue weighted by Crippen LogP contribution is 2.30. The molecule has 0 aliphatic rings. The minimum atomic E-state index is -1.28. The third kappa shape index (κ3) is 11.3. The van der Waals surface area contributed by atoms with Crippen molar-refractivity contribution in [3.8, 4) is 17.2 Å². The van der Waals surface area contributed by atoms with Gasteiger partial charge in [-0.05, 0) is 66.6 Å². The largest absolute Gasteiger partial charge is 0.494 e. The average Bonchev–Trinajstić information content (AvgIpc) is 3.03. The fraction of sp³-hybridized carbons (Fsp3) is 0.353. The number of anilines is 1. The maximum absolute atomic E-state index is 12.9. The minimum absolute atomic E-state index is 0.0734. The molecule has 0 aromatic heterocycles. The highest BCUT2D eigenvalue weighted by atomic mass is 16.6. The van der Waals surface area contributed by atoms with Crippen LogP contribution in [0.5, 0.6) is 17.2 Å². The molecule has 0 saturated heterocycles. The number of nitrogens with one attached hydrogen (secondary N) is 2. The Hall–Kier alpha value is -4.90. The van der Waals surface area contributed by atoms with Gasteiger partial charge in [-0.1, -0.05) is 44.7 Å². The molecule has 0 fully saturated rings. The second-order valence-electron chi connectivity index (χ2n) is 10.3. The molecule has 11 heteroatoms. The van der Waals surface area contributed by atoms with Crippen LogP contribution in [0.15, 0.2) is 66.7 Å². The Balaban J connectivity index is 1.60. The smallest absolute Gasteiger partial charge is 0.343 e. The SMILES string of the molecule is CCCCCCCOc1ccc(C(=O)Oc2ccc(CC(NC(=O)c3cccc(NC(=O)COC)c3)C(=O)O)cc2OC)cc1. The van der Waals surface area contributed by atoms with Crippen molar-refractivity contribution in [1.29, 1.82) is 0 Å². The molecular weight excluding hydrogens is 580 g/mol. The summed E-state index contributed by atoms with van der Waals surface area (Å²) in [5.41, 5.74) is 1.38. The van der Waals surface area contributed by atoms with E-state index >= 15 is 0 Å². The van der Waals surface area contributed by atoms with E-state index in [1.165, 1.54) is 51.7 Å². The van der Waals surface area contributed by atoms with Gasteiger partial charge in [-0.15, -0.1) is 0 Å². The van der Waals surface area contributed by atoms with E-state index in [4.69, 9.17) is 18.9 Å². The van der Waals surface area contributed by atoms with Gasteiger partial charge in [0.05, 0.1) is 19.3 Å². The average molecular weight is 621 g/mol. The molecule has 1 unspecified atom stereocenters. The van der Waals surface area contributed by atoms with E-state index in [1.807, 2.05) is 0 Å². The molecule has 0 aliphatic heterocycles. The highest BCUT2D eigenvalue weighted by Gasteiger charge is 2.23. The summed E-state index contributed by atoms with van der Waals surface area (Å²) in [5, 5.41) is 14.9. The maximum Gasteiger partial charge on any atom is 0.343 e. The van der Waals surface area contributed by atoms with Crippen molar-refractivity contribution in [2.75, 3.05) is 32.8 Å². The molecule has 1 atom stereocenters. The third-order valence-electron chi connectivity index (χ3n) is 6.76. The van der Waals surface area contributed by atoms with E-state index in [0.29, 0.717) is 29.2 Å². The Kier molecular flexibility index (Phi) is 13.9. The van der Waals surface area contributed by atoms with E-state index in [-0.39, 0.29) is 30.1 Å². The third-order valence-corrected chi connectivity index (χ3v) is 6.76. The van der Waals surface area contributed by atoms with Crippen LogP contribution in [0.4, 0.5) is 5.69 Å². The number of ether oxygens (including phenoxy) is 4. The summed E-state index contributed by atoms with van der Waals surface area (Å²) in [6.07, 6.45) is 5.63. The first-order valence-corrected chi connectivity index (χ1v) is 14.8. The number of carbonyl (C=O) groups is 4. The predicted octanol–water partition coefficient (Wildman–Crippen LogP) is 5.27. The van der Waals surface area contributed by atoms with E-state index in [9.17, 15) is 24.3 Å². The number of carbonyl (C=O) groups excluding carboxylic acids is 3. The first kappa shape index (κ1) is 34.6. The summed E-state index contributed by atoms with van der Waals surface area (Å²) in [7, 11) is 2.79. The van der Waals surface area contributed by atoms with E-state index in [2.05, 4.69) is 17.6 Å². The second-order valence-corrected chi connectivity index (χ2v) is 10.3. The summed E-state index contributed by atoms with van der Waals surface area (Å²) in [4.78, 5) is 49.5. The maximum atomic E-state index is 12.9. The number of unbranched alkanes of at least 4 members (excludes halogenated alkanes) is 4. The normalized spacial score (nSPS) is 11.3. The van der Waals surface area contributed by atoms with Crippen LogP contribution in [0.25, 0.3) is 0 Å². The Morgan fingerprint density at radius 3 is 2.29 bits per heavy atom. The molecule has 3 aromatic rings. The molecule has 240 valence electrons. The van der Waals surface area contributed by atoms with Crippen LogP contribution in [0.3, 0.4) is 0 Å². The van der Waals surface area contributed by atoms with Crippen LogP contribution in [0.2, 0.25) is 0 Å². The van der Waals surface area contributed by atoms with Gasteiger partial charge >= 0.3 is 11.9 Å². The topological polar surface area (TPSA) is 149 Å². The molecule has 0 bridgehead atoms. The van der Waals surface area contributed by atoms with Gasteiger partial charge in [-0.2, -0.15) is 0 Å². The van der Waals surface area contributed by atoms with Crippen molar-refractivity contribution in [2.24, 2.45) is 0 Å². The quantitative estimate of drug-likeness (QED) is 0.0982. The van der Waals surface area contributed by atoms with Crippen LogP contribution >= 0.6 is 0 Å². The Bertz CT molecular complexity index is 1440. The summed E-state index contributed by atoms with van der Waals surface area (Å²) in [6.45, 7) is 2.64. The molecule has 45 heavy (non-hydrogen) atoms. The van der Waals surface area contributed by atoms with Crippen molar-refractivity contribution < 1.29 is 43.2 Å². The Morgan fingerprint density at radius 2 is 1.60 bits per heavy atom. The number of carboxylic acids is 1. The number of hydrogen-bond donors (Lipinski definition) is 3. The number of amides is 2. The summed E-state index contributed by atoms with van der Waals surface area (Å²) in [5.74, 6) is -1.82. The van der Waals surface area contributed by atoms with Gasteiger partial charge in [0.25, 0.3) is 5.91 Å². The zero-order valence-corrected chi connectivity index (χ0v) is 25.8. The van der Waals surface area contributed by atoms with Crippen molar-refractivity contribution in [2.45, 2.75) is 51.5 Å². The zero-order chi connectivity index (χ0) is 32.6. The van der Waals surface area contributed by atoms with Crippen molar-refractivity contribution in [3.63, 3.8) is 0 Å². The number of esters is 1. The molecule has 3 rings (SSSR count). The summed E-state index contributed by atoms with van der Waals surface area (Å²) in [6, 6.07) is 16.2. The number of aliphatic carboxylic acids is 1. The molecule has 3 aromatic carbocycles. The van der Waals surface area contributed by atoms with Crippen LogP contribution in [0, 0.1) is 0 Å². The lowest BCUT2D eigenvalue weighted by molar-refractivity contribution is -0.139. The summed E-state index contributed by atoms with van der Waals surface area (Å²) >= 11 is 0. The molecule has 3 N–H and O–H groups in total. The number of benzene rings is 3. The standard InChI is InChI=1S/C34H40N2O9/c1-4-5-6-7-8-18-44-27-15-13-24(14-16-27)34(41)45-29-17-12-23(20-30(29)43-3)19-28(33(39)40)36-32(38)25-10-9-11-26(21-25)35-31(37)22-42-2/h9-17,20-21,28H,4-8,18-19,22H2,1-3H3,(H,35,37)(H,36,38)(H,39,40). The zero-order valence-electron chi connectivity index (χ0n) is 25.8. The first-order valence-electron chi connectivity index (χ1n) is 14.8. The second kappa shape index (κ2) is 18.0. The molecule has 0 radical (unpaired) electrons. The van der Waals surface area contributed by atoms with Crippen molar-refractivity contribution >= 4 is 29.4 Å². The molecular formula is C34H40N2O9. The van der Waals surface area contributed by atoms with E-state index < -0.39 is 29.8 Å². The molecule has 2 amide bonds. The lowest BCUT2D eigenvalue weighted by Crippen LogP contribution is -2.42. The number of methoxy groups -OCH3 is 2. The fourth-order valence-electron chi connectivity index (χ4n) is 4.41. The number of rotatable bonds is 18. The predicted molar refractivity (Wildman–Crippen MR) is 168 cm³/mol. The molecule has 0 aliphatic carbocycles. The van der Waals surface area contributed by atoms with Gasteiger partial charge in [0.2, 0.25) is 5.91 Å². The monoisotopic (exact) mass is 620 g/mol. The number of carboxylic acid groups (broad SMARTS) is 1. The Labute approximate surface area is 262 Å². The molecule has 11 nitrogen and oxygen atoms in total. The lowest BCUT2D eigenvalue weighted by Gasteiger charge is -2.17. The van der Waals surface area contributed by atoms with Crippen molar-refractivity contribution in [1.82, 2.24) is 5.32 Å². The van der Waals surface area contributed by atoms with E-state index in [1.54, 1.807) is 48.5 Å². The molecule has 0 saturated carbocycles. The van der Waals surface area contributed by atoms with Gasteiger partial charge in [0.15, 0.2) is 11.5 Å². The van der Waals surface area contributed by atoms with Crippen LogP contribution < -0.4 is 24.8 Å². The van der Waals surface area contributed by atoms with Gasteiger partial charge < -0.3 is 34.7 Å². The van der Waals surface area contributed by atoms with Crippen molar-refractivity contribution in [3.05, 3.63) is 83.4 Å². The van der Waals surface area contributed by atoms with E-state index in [0.717, 1.165) is 12.8 Å². The Morgan fingerprint density at radius 1 is 0.844 bits per heavy atom. The van der Waals surface area contributed by atoms with Crippen LogP contribution in [-0.2, 0) is 20.7 Å². The van der Waals surface area contributed by atoms with Gasteiger partial charge in [-0.25, -0.2) is 9.59 Å².